The largest absolute Gasteiger partial charge is 0.549 e. The number of rotatable bonds is 4. The highest BCUT2D eigenvalue weighted by atomic mass is 32.2. The molecular formula is C16H16N4O3S3. The molecule has 136 valence electrons. The van der Waals surface area contributed by atoms with E-state index in [1.54, 1.807) is 0 Å². The first-order valence-electron chi connectivity index (χ1n) is 7.89. The number of hydrogen-bond acceptors (Lipinski definition) is 8. The number of aryl methyl sites for hydroxylation is 1. The highest BCUT2D eigenvalue weighted by Gasteiger charge is 2.54. The molecule has 3 atom stereocenters. The number of carboxylic acid groups (broad SMARTS) is 1. The fraction of sp³-hybridized carbons (Fsp3) is 0.375. The van der Waals surface area contributed by atoms with E-state index in [9.17, 15) is 14.7 Å². The molecule has 0 saturated carbocycles. The second-order valence-corrected chi connectivity index (χ2v) is 9.92. The van der Waals surface area contributed by atoms with E-state index in [1.807, 2.05) is 41.5 Å². The van der Waals surface area contributed by atoms with Crippen molar-refractivity contribution in [1.29, 1.82) is 0 Å². The van der Waals surface area contributed by atoms with E-state index in [2.05, 4.69) is 4.98 Å². The first kappa shape index (κ1) is 17.8. The lowest BCUT2D eigenvalue weighted by atomic mass is 10.0. The minimum absolute atomic E-state index is 0.0975. The van der Waals surface area contributed by atoms with Crippen LogP contribution in [0.4, 0.5) is 0 Å². The number of carbonyl (C=O) groups is 2. The number of amides is 1. The zero-order chi connectivity index (χ0) is 18.5. The number of pyridine rings is 1. The molecule has 2 aliphatic heterocycles. The Morgan fingerprint density at radius 2 is 2.23 bits per heavy atom. The van der Waals surface area contributed by atoms with Crippen molar-refractivity contribution in [1.82, 2.24) is 9.88 Å². The number of aliphatic carboxylic acids is 1. The number of carboxylic acids is 1. The van der Waals surface area contributed by atoms with E-state index in [0.29, 0.717) is 10.1 Å². The molecule has 2 unspecified atom stereocenters. The second-order valence-electron chi connectivity index (χ2n) is 6.33. The van der Waals surface area contributed by atoms with Crippen LogP contribution in [0.15, 0.2) is 34.2 Å². The number of aromatic nitrogens is 2. The third-order valence-electron chi connectivity index (χ3n) is 4.51. The minimum atomic E-state index is -1.21. The predicted molar refractivity (Wildman–Crippen MR) is 98.3 cm³/mol. The van der Waals surface area contributed by atoms with Crippen LogP contribution >= 0.6 is 34.9 Å². The molecule has 1 amide bonds. The third-order valence-corrected chi connectivity index (χ3v) is 8.51. The van der Waals surface area contributed by atoms with Gasteiger partial charge in [0.15, 0.2) is 16.7 Å². The summed E-state index contributed by atoms with van der Waals surface area (Å²) >= 11 is 3.96. The van der Waals surface area contributed by atoms with Gasteiger partial charge in [-0.25, -0.2) is 9.55 Å². The molecule has 0 radical (unpaired) electrons. The van der Waals surface area contributed by atoms with Gasteiger partial charge in [-0.15, -0.1) is 23.1 Å². The van der Waals surface area contributed by atoms with Gasteiger partial charge in [0.05, 0.1) is 16.4 Å². The smallest absolute Gasteiger partial charge is 0.243 e. The number of fused-ring (bicyclic) bond motifs is 1. The quantitative estimate of drug-likeness (QED) is 0.535. The molecule has 2 fully saturated rings. The highest BCUT2D eigenvalue weighted by molar-refractivity contribution is 8.06. The van der Waals surface area contributed by atoms with Gasteiger partial charge < -0.3 is 20.5 Å². The Bertz CT molecular complexity index is 872. The monoisotopic (exact) mass is 408 g/mol. The average Bonchev–Trinajstić information content (AvgIpc) is 3.09. The average molecular weight is 409 g/mol. The fourth-order valence-corrected chi connectivity index (χ4v) is 6.86. The zero-order valence-electron chi connectivity index (χ0n) is 13.8. The maximum atomic E-state index is 11.9. The molecule has 0 aliphatic carbocycles. The van der Waals surface area contributed by atoms with Gasteiger partial charge in [0.1, 0.15) is 18.5 Å². The van der Waals surface area contributed by atoms with Gasteiger partial charge in [-0.1, -0.05) is 11.8 Å². The van der Waals surface area contributed by atoms with Crippen LogP contribution in [-0.4, -0.2) is 50.2 Å². The van der Waals surface area contributed by atoms with Crippen LogP contribution in [0.25, 0.3) is 11.3 Å². The molecule has 4 heterocycles. The van der Waals surface area contributed by atoms with Gasteiger partial charge in [0.25, 0.3) is 0 Å². The summed E-state index contributed by atoms with van der Waals surface area (Å²) < 4.78 is 1.37. The van der Waals surface area contributed by atoms with Crippen molar-refractivity contribution in [2.45, 2.75) is 20.5 Å². The van der Waals surface area contributed by atoms with Crippen molar-refractivity contribution < 1.29 is 19.3 Å². The van der Waals surface area contributed by atoms with Crippen molar-refractivity contribution in [2.24, 2.45) is 12.8 Å². The molecule has 2 aromatic heterocycles. The minimum Gasteiger partial charge on any atom is -0.549 e. The van der Waals surface area contributed by atoms with E-state index in [-0.39, 0.29) is 17.8 Å². The second kappa shape index (κ2) is 6.52. The standard InChI is InChI=1S/C16H16N4O3S3/c1-19-4-2-9(3-5-19)10-6-24-15(18-10)26-16(14(22)23)7-20-12(21)11(17)13(20)25-8-16/h2-6,11,13H,7-8,17H2,1H3/t11?,13-,16?/m1/s1. The summed E-state index contributed by atoms with van der Waals surface area (Å²) in [6, 6.07) is 3.38. The molecule has 0 aromatic carbocycles. The lowest BCUT2D eigenvalue weighted by Crippen LogP contribution is -2.74. The number of nitrogens with two attached hydrogens (primary N) is 1. The maximum Gasteiger partial charge on any atom is 0.243 e. The van der Waals surface area contributed by atoms with Crippen molar-refractivity contribution in [3.63, 3.8) is 0 Å². The number of thioether (sulfide) groups is 2. The van der Waals surface area contributed by atoms with Crippen LogP contribution in [0.3, 0.4) is 0 Å². The summed E-state index contributed by atoms with van der Waals surface area (Å²) in [5.74, 6) is -1.05. The Morgan fingerprint density at radius 3 is 2.92 bits per heavy atom. The molecule has 10 heteroatoms. The lowest BCUT2D eigenvalue weighted by molar-refractivity contribution is -0.671. The first-order chi connectivity index (χ1) is 12.4. The van der Waals surface area contributed by atoms with Crippen LogP contribution in [0.1, 0.15) is 0 Å². The van der Waals surface area contributed by atoms with E-state index >= 15 is 0 Å². The number of nitrogens with zero attached hydrogens (tertiary/aromatic N) is 3. The molecular weight excluding hydrogens is 392 g/mol. The molecule has 4 rings (SSSR count). The molecule has 2 N–H and O–H groups in total. The fourth-order valence-electron chi connectivity index (χ4n) is 2.96. The number of hydrogen-bond donors (Lipinski definition) is 1. The Hall–Kier alpha value is -1.62. The zero-order valence-corrected chi connectivity index (χ0v) is 16.3. The van der Waals surface area contributed by atoms with Crippen LogP contribution in [0.2, 0.25) is 0 Å². The molecule has 2 saturated heterocycles. The third kappa shape index (κ3) is 2.90. The Morgan fingerprint density at radius 1 is 1.50 bits per heavy atom. The SMILES string of the molecule is C[n+]1ccc(-c2csc(SC3(C(=O)[O-])CS[C@@H]4C(N)C(=O)N4C3)n2)cc1. The van der Waals surface area contributed by atoms with Crippen molar-refractivity contribution in [3.05, 3.63) is 29.9 Å². The van der Waals surface area contributed by atoms with Gasteiger partial charge in [-0.2, -0.15) is 0 Å². The summed E-state index contributed by atoms with van der Waals surface area (Å²) in [6.07, 6.45) is 3.86. The Kier molecular flexibility index (Phi) is 4.46. The maximum absolute atomic E-state index is 11.9. The van der Waals surface area contributed by atoms with E-state index < -0.39 is 16.8 Å². The first-order valence-corrected chi connectivity index (χ1v) is 10.6. The molecule has 2 aromatic rings. The summed E-state index contributed by atoms with van der Waals surface area (Å²) in [4.78, 5) is 30.0. The molecule has 0 spiro atoms. The topological polar surface area (TPSA) is 103 Å². The Labute approximate surface area is 162 Å². The molecule has 2 aliphatic rings. The van der Waals surface area contributed by atoms with Gasteiger partial charge >= 0.3 is 0 Å². The van der Waals surface area contributed by atoms with Crippen LogP contribution in [0, 0.1) is 0 Å². The van der Waals surface area contributed by atoms with Crippen molar-refractivity contribution >= 4 is 46.7 Å². The van der Waals surface area contributed by atoms with Crippen LogP contribution in [-0.2, 0) is 16.6 Å². The summed E-state index contributed by atoms with van der Waals surface area (Å²) in [5.41, 5.74) is 7.55. The van der Waals surface area contributed by atoms with E-state index in [4.69, 9.17) is 5.73 Å². The van der Waals surface area contributed by atoms with Gasteiger partial charge in [-0.05, 0) is 0 Å². The van der Waals surface area contributed by atoms with Gasteiger partial charge in [0, 0.05) is 35.4 Å². The van der Waals surface area contributed by atoms with Gasteiger partial charge in [-0.3, -0.25) is 4.79 Å². The summed E-state index contributed by atoms with van der Waals surface area (Å²) in [7, 11) is 1.94. The van der Waals surface area contributed by atoms with E-state index in [0.717, 1.165) is 11.3 Å². The lowest BCUT2D eigenvalue weighted by Gasteiger charge is -2.53. The van der Waals surface area contributed by atoms with Crippen molar-refractivity contribution in [2.75, 3.05) is 12.3 Å². The van der Waals surface area contributed by atoms with Crippen molar-refractivity contribution in [3.8, 4) is 11.3 Å². The molecule has 7 nitrogen and oxygen atoms in total. The van der Waals surface area contributed by atoms with Crippen LogP contribution in [0.5, 0.6) is 0 Å². The van der Waals surface area contributed by atoms with Crippen LogP contribution < -0.4 is 15.4 Å². The number of β-lactam (4-membered cyclic amide) rings is 1. The Balaban J connectivity index is 1.56. The molecule has 26 heavy (non-hydrogen) atoms. The molecule has 0 bridgehead atoms. The number of carbonyl (C=O) groups excluding carboxylic acids is 2. The summed E-state index contributed by atoms with van der Waals surface area (Å²) in [6.45, 7) is 0.0975. The number of thiazole rings is 1. The predicted octanol–water partition coefficient (Wildman–Crippen LogP) is -0.542. The highest BCUT2D eigenvalue weighted by Crippen LogP contribution is 2.46. The van der Waals surface area contributed by atoms with Gasteiger partial charge in [0.2, 0.25) is 5.91 Å². The normalized spacial score (nSPS) is 27.8. The summed E-state index contributed by atoms with van der Waals surface area (Å²) in [5, 5.41) is 13.7. The van der Waals surface area contributed by atoms with E-state index in [1.165, 1.54) is 39.8 Å².